The van der Waals surface area contributed by atoms with E-state index in [-0.39, 0.29) is 17.4 Å². The lowest BCUT2D eigenvalue weighted by atomic mass is 9.98. The number of aromatic carboxylic acids is 1. The first-order valence-electron chi connectivity index (χ1n) is 12.4. The van der Waals surface area contributed by atoms with Crippen molar-refractivity contribution in [1.29, 1.82) is 0 Å². The molecule has 1 aliphatic heterocycles. The number of rotatable bonds is 7. The van der Waals surface area contributed by atoms with E-state index >= 15 is 0 Å². The average Bonchev–Trinajstić information content (AvgIpc) is 2.96. The molecule has 0 aromatic heterocycles. The van der Waals surface area contributed by atoms with Crippen molar-refractivity contribution >= 4 is 51.7 Å². The van der Waals surface area contributed by atoms with E-state index in [1.165, 1.54) is 23.5 Å². The lowest BCUT2D eigenvalue weighted by Crippen LogP contribution is -2.49. The molecule has 8 heteroatoms. The zero-order valence-electron chi connectivity index (χ0n) is 20.7. The molecule has 1 fully saturated rings. The first-order chi connectivity index (χ1) is 18.5. The van der Waals surface area contributed by atoms with Crippen LogP contribution in [0.1, 0.15) is 20.7 Å². The Bertz CT molecular complexity index is 1480. The minimum absolute atomic E-state index is 0.0840. The third-order valence-corrected chi connectivity index (χ3v) is 7.57. The lowest BCUT2D eigenvalue weighted by Gasteiger charge is -2.36. The summed E-state index contributed by atoms with van der Waals surface area (Å²) in [6, 6.07) is 27.6. The van der Waals surface area contributed by atoms with E-state index in [0.29, 0.717) is 40.9 Å². The van der Waals surface area contributed by atoms with Gasteiger partial charge in [-0.2, -0.15) is 0 Å². The molecule has 0 unspecified atom stereocenters. The summed E-state index contributed by atoms with van der Waals surface area (Å²) in [6.07, 6.45) is 0. The van der Waals surface area contributed by atoms with E-state index in [4.69, 9.17) is 0 Å². The van der Waals surface area contributed by atoms with Crippen LogP contribution in [0.2, 0.25) is 0 Å². The van der Waals surface area contributed by atoms with Crippen molar-refractivity contribution in [3.05, 3.63) is 102 Å². The minimum Gasteiger partial charge on any atom is -0.478 e. The number of carbonyl (C=O) groups excluding carboxylic acids is 2. The van der Waals surface area contributed by atoms with E-state index < -0.39 is 5.97 Å². The van der Waals surface area contributed by atoms with Crippen molar-refractivity contribution in [3.63, 3.8) is 0 Å². The summed E-state index contributed by atoms with van der Waals surface area (Å²) in [5.41, 5.74) is 2.13. The van der Waals surface area contributed by atoms with Crippen LogP contribution in [-0.2, 0) is 4.79 Å². The molecule has 2 amide bonds. The van der Waals surface area contributed by atoms with Crippen molar-refractivity contribution in [2.24, 2.45) is 0 Å². The molecule has 0 atom stereocenters. The number of carbonyl (C=O) groups is 3. The topological polar surface area (TPSA) is 89.9 Å². The van der Waals surface area contributed by atoms with Gasteiger partial charge in [0.25, 0.3) is 5.91 Å². The highest BCUT2D eigenvalue weighted by Gasteiger charge is 2.21. The molecule has 7 nitrogen and oxygen atoms in total. The van der Waals surface area contributed by atoms with Crippen LogP contribution >= 0.6 is 11.8 Å². The maximum Gasteiger partial charge on any atom is 0.336 e. The molecule has 0 radical (unpaired) electrons. The Morgan fingerprint density at radius 1 is 0.789 bits per heavy atom. The highest BCUT2D eigenvalue weighted by Crippen LogP contribution is 2.26. The average molecular weight is 526 g/mol. The van der Waals surface area contributed by atoms with Crippen LogP contribution in [0.15, 0.2) is 95.9 Å². The molecule has 1 saturated heterocycles. The van der Waals surface area contributed by atoms with Crippen LogP contribution in [0, 0.1) is 0 Å². The summed E-state index contributed by atoms with van der Waals surface area (Å²) < 4.78 is 0. The highest BCUT2D eigenvalue weighted by atomic mass is 32.2. The number of amides is 2. The number of fused-ring (bicyclic) bond motifs is 1. The second kappa shape index (κ2) is 11.4. The molecule has 0 aliphatic carbocycles. The van der Waals surface area contributed by atoms with Crippen molar-refractivity contribution < 1.29 is 19.5 Å². The van der Waals surface area contributed by atoms with E-state index in [2.05, 4.69) is 22.3 Å². The number of piperazine rings is 1. The molecule has 2 N–H and O–H groups in total. The van der Waals surface area contributed by atoms with Crippen LogP contribution in [0.5, 0.6) is 0 Å². The normalized spacial score (nSPS) is 13.4. The standard InChI is InChI=1S/C30H27N3O4S/c34-27(33-17-15-32(16-18-33)23-10-2-1-3-11-23)20-38-24-12-6-9-22(19-24)31-29(35)25-13-4-7-21-8-5-14-26(28(21)25)30(36)37/h1-14,19H,15-18,20H2,(H,31,35)(H,36,37). The smallest absolute Gasteiger partial charge is 0.336 e. The third kappa shape index (κ3) is 5.65. The van der Waals surface area contributed by atoms with Gasteiger partial charge in [-0.05, 0) is 47.9 Å². The van der Waals surface area contributed by atoms with Gasteiger partial charge in [-0.3, -0.25) is 9.59 Å². The lowest BCUT2D eigenvalue weighted by molar-refractivity contribution is -0.128. The van der Waals surface area contributed by atoms with Crippen molar-refractivity contribution in [2.75, 3.05) is 42.1 Å². The maximum absolute atomic E-state index is 13.1. The van der Waals surface area contributed by atoms with Gasteiger partial charge in [0.15, 0.2) is 0 Å². The molecule has 1 heterocycles. The Balaban J connectivity index is 1.20. The molecule has 0 saturated carbocycles. The Morgan fingerprint density at radius 3 is 2.18 bits per heavy atom. The molecular weight excluding hydrogens is 498 g/mol. The molecule has 38 heavy (non-hydrogen) atoms. The summed E-state index contributed by atoms with van der Waals surface area (Å²) in [7, 11) is 0. The third-order valence-electron chi connectivity index (χ3n) is 6.59. The van der Waals surface area contributed by atoms with Gasteiger partial charge in [-0.1, -0.05) is 48.5 Å². The minimum atomic E-state index is -1.08. The fourth-order valence-corrected chi connectivity index (χ4v) is 5.52. The summed E-state index contributed by atoms with van der Waals surface area (Å²) in [5.74, 6) is -1.07. The maximum atomic E-state index is 13.1. The summed E-state index contributed by atoms with van der Waals surface area (Å²) in [6.45, 7) is 2.99. The van der Waals surface area contributed by atoms with E-state index in [9.17, 15) is 19.5 Å². The van der Waals surface area contributed by atoms with Crippen LogP contribution in [0.3, 0.4) is 0 Å². The number of hydrogen-bond acceptors (Lipinski definition) is 5. The van der Waals surface area contributed by atoms with Gasteiger partial charge >= 0.3 is 5.97 Å². The van der Waals surface area contributed by atoms with Gasteiger partial charge in [0, 0.05) is 53.4 Å². The largest absolute Gasteiger partial charge is 0.478 e. The second-order valence-electron chi connectivity index (χ2n) is 8.99. The van der Waals surface area contributed by atoms with Crippen LogP contribution in [-0.4, -0.2) is 59.7 Å². The fourth-order valence-electron chi connectivity index (χ4n) is 4.66. The molecule has 5 rings (SSSR count). The number of anilines is 2. The number of carboxylic acids is 1. The molecule has 4 aromatic rings. The first kappa shape index (κ1) is 25.4. The molecule has 192 valence electrons. The summed E-state index contributed by atoms with van der Waals surface area (Å²) in [5, 5.41) is 13.6. The quantitative estimate of drug-likeness (QED) is 0.321. The van der Waals surface area contributed by atoms with Crippen LogP contribution < -0.4 is 10.2 Å². The number of thioether (sulfide) groups is 1. The first-order valence-corrected chi connectivity index (χ1v) is 13.4. The number of para-hydroxylation sites is 1. The van der Waals surface area contributed by atoms with Gasteiger partial charge < -0.3 is 20.2 Å². The summed E-state index contributed by atoms with van der Waals surface area (Å²) in [4.78, 5) is 42.8. The van der Waals surface area contributed by atoms with Crippen molar-refractivity contribution in [2.45, 2.75) is 4.90 Å². The number of benzene rings is 4. The van der Waals surface area contributed by atoms with Crippen molar-refractivity contribution in [3.8, 4) is 0 Å². The van der Waals surface area contributed by atoms with Gasteiger partial charge in [0.1, 0.15) is 0 Å². The molecule has 0 spiro atoms. The molecule has 4 aromatic carbocycles. The summed E-state index contributed by atoms with van der Waals surface area (Å²) >= 11 is 1.43. The van der Waals surface area contributed by atoms with Crippen LogP contribution in [0.25, 0.3) is 10.8 Å². The predicted octanol–water partition coefficient (Wildman–Crippen LogP) is 5.23. The van der Waals surface area contributed by atoms with E-state index in [1.807, 2.05) is 41.3 Å². The molecular formula is C30H27N3O4S. The fraction of sp³-hybridized carbons (Fsp3) is 0.167. The van der Waals surface area contributed by atoms with E-state index in [0.717, 1.165) is 18.0 Å². The number of hydrogen-bond donors (Lipinski definition) is 2. The number of nitrogens with one attached hydrogen (secondary N) is 1. The number of nitrogens with zero attached hydrogens (tertiary/aromatic N) is 2. The monoisotopic (exact) mass is 525 g/mol. The van der Waals surface area contributed by atoms with Gasteiger partial charge in [-0.15, -0.1) is 11.8 Å². The molecule has 1 aliphatic rings. The Morgan fingerprint density at radius 2 is 1.47 bits per heavy atom. The van der Waals surface area contributed by atoms with Crippen LogP contribution in [0.4, 0.5) is 11.4 Å². The second-order valence-corrected chi connectivity index (χ2v) is 10.0. The SMILES string of the molecule is O=C(O)c1cccc2cccc(C(=O)Nc3cccc(SCC(=O)N4CCN(c5ccccc5)CC4)c3)c12. The Labute approximate surface area is 225 Å². The van der Waals surface area contributed by atoms with Gasteiger partial charge in [0.05, 0.1) is 11.3 Å². The number of carboxylic acid groups (broad SMARTS) is 1. The molecule has 0 bridgehead atoms. The zero-order chi connectivity index (χ0) is 26.5. The Kier molecular flexibility index (Phi) is 7.60. The Hall–Kier alpha value is -4.30. The zero-order valence-corrected chi connectivity index (χ0v) is 21.5. The highest BCUT2D eigenvalue weighted by molar-refractivity contribution is 8.00. The van der Waals surface area contributed by atoms with Crippen molar-refractivity contribution in [1.82, 2.24) is 4.90 Å². The van der Waals surface area contributed by atoms with Gasteiger partial charge in [0.2, 0.25) is 5.91 Å². The van der Waals surface area contributed by atoms with E-state index in [1.54, 1.807) is 36.4 Å². The van der Waals surface area contributed by atoms with Gasteiger partial charge in [-0.25, -0.2) is 4.79 Å². The predicted molar refractivity (Wildman–Crippen MR) is 151 cm³/mol.